The number of furan rings is 1. The Kier molecular flexibility index (Phi) is 3.72. The molecule has 2 N–H and O–H groups in total. The van der Waals surface area contributed by atoms with Crippen molar-refractivity contribution in [2.45, 2.75) is 25.3 Å². The van der Waals surface area contributed by atoms with Crippen molar-refractivity contribution >= 4 is 0 Å². The van der Waals surface area contributed by atoms with Crippen LogP contribution in [0.4, 0.5) is 0 Å². The van der Waals surface area contributed by atoms with Crippen LogP contribution >= 0.6 is 0 Å². The molecule has 0 aromatic carbocycles. The number of hydrogen-bond donors (Lipinski definition) is 1. The predicted octanol–water partition coefficient (Wildman–Crippen LogP) is 2.18. The Morgan fingerprint density at radius 1 is 1.25 bits per heavy atom. The molecule has 0 aliphatic rings. The highest BCUT2D eigenvalue weighted by atomic mass is 16.3. The summed E-state index contributed by atoms with van der Waals surface area (Å²) in [5.74, 6) is 0.952. The lowest BCUT2D eigenvalue weighted by atomic mass is 10.1. The molecule has 0 aliphatic carbocycles. The lowest BCUT2D eigenvalue weighted by Crippen LogP contribution is -2.23. The second-order valence-electron chi connectivity index (χ2n) is 3.90. The maximum Gasteiger partial charge on any atom is 0.105 e. The van der Waals surface area contributed by atoms with Crippen molar-refractivity contribution < 1.29 is 4.42 Å². The van der Waals surface area contributed by atoms with E-state index in [0.717, 1.165) is 30.7 Å². The minimum atomic E-state index is 0.133. The Bertz CT molecular complexity index is 397. The van der Waals surface area contributed by atoms with Gasteiger partial charge in [-0.25, -0.2) is 0 Å². The molecule has 3 nitrogen and oxygen atoms in total. The second-order valence-corrected chi connectivity index (χ2v) is 3.90. The van der Waals surface area contributed by atoms with Crippen LogP contribution in [0.3, 0.4) is 0 Å². The van der Waals surface area contributed by atoms with E-state index in [2.05, 4.69) is 4.98 Å². The van der Waals surface area contributed by atoms with Crippen LogP contribution in [0.15, 0.2) is 47.2 Å². The first-order chi connectivity index (χ1) is 7.84. The fraction of sp³-hybridized carbons (Fsp3) is 0.308. The summed E-state index contributed by atoms with van der Waals surface area (Å²) in [5.41, 5.74) is 7.12. The second kappa shape index (κ2) is 5.47. The Balaban J connectivity index is 1.78. The molecular formula is C13H16N2O. The van der Waals surface area contributed by atoms with Crippen LogP contribution in [-0.2, 0) is 12.8 Å². The van der Waals surface area contributed by atoms with E-state index < -0.39 is 0 Å². The molecule has 2 heterocycles. The van der Waals surface area contributed by atoms with Crippen LogP contribution in [0.1, 0.15) is 17.9 Å². The zero-order chi connectivity index (χ0) is 11.2. The number of nitrogens with two attached hydrogens (primary N) is 1. The molecule has 0 amide bonds. The highest BCUT2D eigenvalue weighted by Crippen LogP contribution is 2.07. The lowest BCUT2D eigenvalue weighted by Gasteiger charge is -2.09. The summed E-state index contributed by atoms with van der Waals surface area (Å²) in [5, 5.41) is 0. The van der Waals surface area contributed by atoms with Crippen molar-refractivity contribution in [2.24, 2.45) is 5.73 Å². The molecule has 0 spiro atoms. The molecule has 1 atom stereocenters. The van der Waals surface area contributed by atoms with E-state index >= 15 is 0 Å². The average Bonchev–Trinajstić information content (AvgIpc) is 2.81. The Morgan fingerprint density at radius 2 is 2.19 bits per heavy atom. The molecule has 0 fully saturated rings. The molecular weight excluding hydrogens is 200 g/mol. The molecule has 16 heavy (non-hydrogen) atoms. The van der Waals surface area contributed by atoms with Gasteiger partial charge in [0.05, 0.1) is 6.26 Å². The highest BCUT2D eigenvalue weighted by molar-refractivity contribution is 5.05. The van der Waals surface area contributed by atoms with E-state index in [0.29, 0.717) is 0 Å². The lowest BCUT2D eigenvalue weighted by molar-refractivity contribution is 0.473. The number of rotatable bonds is 5. The van der Waals surface area contributed by atoms with Gasteiger partial charge in [0.2, 0.25) is 0 Å². The van der Waals surface area contributed by atoms with Crippen LogP contribution in [0.2, 0.25) is 0 Å². The Morgan fingerprint density at radius 3 is 2.88 bits per heavy atom. The minimum Gasteiger partial charge on any atom is -0.469 e. The quantitative estimate of drug-likeness (QED) is 0.833. The van der Waals surface area contributed by atoms with Crippen molar-refractivity contribution in [2.75, 3.05) is 0 Å². The van der Waals surface area contributed by atoms with E-state index in [9.17, 15) is 0 Å². The largest absolute Gasteiger partial charge is 0.469 e. The van der Waals surface area contributed by atoms with Crippen molar-refractivity contribution in [3.05, 3.63) is 54.2 Å². The standard InChI is InChI=1S/C13H16N2O/c14-11(10-13-5-3-9-16-13)6-7-12-4-1-2-8-15-12/h1-5,8-9,11H,6-7,10,14H2. The summed E-state index contributed by atoms with van der Waals surface area (Å²) in [6.07, 6.45) is 6.13. The third-order valence-electron chi connectivity index (χ3n) is 2.54. The number of hydrogen-bond acceptors (Lipinski definition) is 3. The number of aromatic nitrogens is 1. The van der Waals surface area contributed by atoms with E-state index in [-0.39, 0.29) is 6.04 Å². The van der Waals surface area contributed by atoms with Crippen LogP contribution < -0.4 is 5.73 Å². The first-order valence-electron chi connectivity index (χ1n) is 5.52. The van der Waals surface area contributed by atoms with Gasteiger partial charge in [0.1, 0.15) is 5.76 Å². The van der Waals surface area contributed by atoms with Crippen molar-refractivity contribution in [1.29, 1.82) is 0 Å². The minimum absolute atomic E-state index is 0.133. The monoisotopic (exact) mass is 216 g/mol. The summed E-state index contributed by atoms with van der Waals surface area (Å²) < 4.78 is 5.26. The fourth-order valence-electron chi connectivity index (χ4n) is 1.67. The van der Waals surface area contributed by atoms with Gasteiger partial charge in [-0.1, -0.05) is 6.07 Å². The topological polar surface area (TPSA) is 52.0 Å². The van der Waals surface area contributed by atoms with Gasteiger partial charge in [-0.2, -0.15) is 0 Å². The third kappa shape index (κ3) is 3.21. The van der Waals surface area contributed by atoms with E-state index in [1.165, 1.54) is 0 Å². The maximum atomic E-state index is 6.02. The van der Waals surface area contributed by atoms with Gasteiger partial charge in [0.25, 0.3) is 0 Å². The number of pyridine rings is 1. The first-order valence-corrected chi connectivity index (χ1v) is 5.52. The fourth-order valence-corrected chi connectivity index (χ4v) is 1.67. The third-order valence-corrected chi connectivity index (χ3v) is 2.54. The SMILES string of the molecule is NC(CCc1ccccn1)Cc1ccco1. The van der Waals surface area contributed by atoms with E-state index in [4.69, 9.17) is 10.2 Å². The summed E-state index contributed by atoms with van der Waals surface area (Å²) in [7, 11) is 0. The van der Waals surface area contributed by atoms with Crippen LogP contribution in [0, 0.1) is 0 Å². The summed E-state index contributed by atoms with van der Waals surface area (Å²) in [6, 6.07) is 9.93. The molecule has 0 saturated carbocycles. The molecule has 84 valence electrons. The van der Waals surface area contributed by atoms with Crippen LogP contribution in [-0.4, -0.2) is 11.0 Å². The van der Waals surface area contributed by atoms with Gasteiger partial charge in [-0.3, -0.25) is 4.98 Å². The predicted molar refractivity (Wildman–Crippen MR) is 62.9 cm³/mol. The molecule has 1 unspecified atom stereocenters. The van der Waals surface area contributed by atoms with Crippen LogP contribution in [0.25, 0.3) is 0 Å². The van der Waals surface area contributed by atoms with Crippen molar-refractivity contribution in [1.82, 2.24) is 4.98 Å². The average molecular weight is 216 g/mol. The number of nitrogens with zero attached hydrogens (tertiary/aromatic N) is 1. The molecule has 2 rings (SSSR count). The van der Waals surface area contributed by atoms with Crippen molar-refractivity contribution in [3.8, 4) is 0 Å². The molecule has 2 aromatic rings. The molecule has 0 bridgehead atoms. The molecule has 3 heteroatoms. The molecule has 0 saturated heterocycles. The summed E-state index contributed by atoms with van der Waals surface area (Å²) >= 11 is 0. The van der Waals surface area contributed by atoms with Gasteiger partial charge < -0.3 is 10.2 Å². The van der Waals surface area contributed by atoms with Crippen molar-refractivity contribution in [3.63, 3.8) is 0 Å². The van der Waals surface area contributed by atoms with E-state index in [1.54, 1.807) is 6.26 Å². The molecule has 2 aromatic heterocycles. The zero-order valence-electron chi connectivity index (χ0n) is 9.17. The maximum absolute atomic E-state index is 6.02. The van der Waals surface area contributed by atoms with Gasteiger partial charge in [0, 0.05) is 24.4 Å². The van der Waals surface area contributed by atoms with Gasteiger partial charge in [-0.05, 0) is 37.1 Å². The highest BCUT2D eigenvalue weighted by Gasteiger charge is 2.06. The zero-order valence-corrected chi connectivity index (χ0v) is 9.17. The Hall–Kier alpha value is -1.61. The normalized spacial score (nSPS) is 12.6. The summed E-state index contributed by atoms with van der Waals surface area (Å²) in [6.45, 7) is 0. The smallest absolute Gasteiger partial charge is 0.105 e. The first kappa shape index (κ1) is 10.9. The van der Waals surface area contributed by atoms with Crippen LogP contribution in [0.5, 0.6) is 0 Å². The number of aryl methyl sites for hydroxylation is 1. The van der Waals surface area contributed by atoms with Gasteiger partial charge in [0.15, 0.2) is 0 Å². The molecule has 0 aliphatic heterocycles. The molecule has 0 radical (unpaired) electrons. The summed E-state index contributed by atoms with van der Waals surface area (Å²) in [4.78, 5) is 4.27. The van der Waals surface area contributed by atoms with E-state index in [1.807, 2.05) is 36.5 Å². The van der Waals surface area contributed by atoms with Gasteiger partial charge >= 0.3 is 0 Å². The Labute approximate surface area is 95.3 Å². The van der Waals surface area contributed by atoms with Gasteiger partial charge in [-0.15, -0.1) is 0 Å².